The Morgan fingerprint density at radius 1 is 0.282 bits per heavy atom. The van der Waals surface area contributed by atoms with Gasteiger partial charge >= 0.3 is 0 Å². The van der Waals surface area contributed by atoms with Gasteiger partial charge in [-0.2, -0.15) is 0 Å². The first-order valence-corrected chi connectivity index (χ1v) is 24.7. The maximum atomic E-state index is 7.25. The van der Waals surface area contributed by atoms with Crippen molar-refractivity contribution in [3.63, 3.8) is 0 Å². The van der Waals surface area contributed by atoms with Crippen LogP contribution < -0.4 is 9.80 Å². The van der Waals surface area contributed by atoms with Crippen molar-refractivity contribution >= 4 is 121 Å². The zero-order valence-corrected chi connectivity index (χ0v) is 41.4. The highest BCUT2D eigenvalue weighted by Gasteiger charge is 2.29. The van der Waals surface area contributed by atoms with Gasteiger partial charge in [-0.25, -0.2) is 0 Å². The van der Waals surface area contributed by atoms with Crippen molar-refractivity contribution in [3.8, 4) is 0 Å². The first kappa shape index (κ1) is 42.8. The Morgan fingerprint density at radius 3 is 1.00 bits per heavy atom. The number of hydrogen-bond acceptors (Lipinski definition) is 5. The molecular weight excluding hydrogens is 869 g/mol. The maximum Gasteiger partial charge on any atom is 0.159 e. The van der Waals surface area contributed by atoms with E-state index in [4.69, 9.17) is 13.3 Å². The molecule has 0 bridgehead atoms. The maximum absolute atomic E-state index is 7.25. The van der Waals surface area contributed by atoms with Gasteiger partial charge in [-0.1, -0.05) is 175 Å². The third-order valence-corrected chi connectivity index (χ3v) is 14.5. The molecule has 346 valence electrons. The van der Waals surface area contributed by atoms with Crippen LogP contribution in [-0.2, 0) is 10.8 Å². The predicted molar refractivity (Wildman–Crippen MR) is 300 cm³/mol. The summed E-state index contributed by atoms with van der Waals surface area (Å²) < 4.78 is 21.5. The minimum atomic E-state index is -0.111. The second kappa shape index (κ2) is 15.6. The zero-order valence-electron chi connectivity index (χ0n) is 41.4. The molecule has 5 nitrogen and oxygen atoms in total. The van der Waals surface area contributed by atoms with Crippen LogP contribution in [-0.4, -0.2) is 0 Å². The molecule has 71 heavy (non-hydrogen) atoms. The van der Waals surface area contributed by atoms with Crippen molar-refractivity contribution in [2.45, 2.75) is 66.2 Å². The number of aryl methyl sites for hydroxylation is 2. The monoisotopic (exact) mass is 922 g/mol. The molecule has 0 fully saturated rings. The van der Waals surface area contributed by atoms with E-state index >= 15 is 0 Å². The van der Waals surface area contributed by atoms with Crippen LogP contribution in [0.15, 0.2) is 195 Å². The van der Waals surface area contributed by atoms with E-state index in [0.29, 0.717) is 0 Å². The highest BCUT2D eigenvalue weighted by atomic mass is 16.3. The lowest BCUT2D eigenvalue weighted by molar-refractivity contribution is 0.572. The van der Waals surface area contributed by atoms with Crippen molar-refractivity contribution in [3.05, 3.63) is 204 Å². The van der Waals surface area contributed by atoms with Crippen LogP contribution in [0, 0.1) is 13.8 Å². The van der Waals surface area contributed by atoms with Crippen molar-refractivity contribution in [1.82, 2.24) is 0 Å². The Kier molecular flexibility index (Phi) is 9.41. The van der Waals surface area contributed by atoms with Gasteiger partial charge in [0.1, 0.15) is 22.3 Å². The highest BCUT2D eigenvalue weighted by Crippen LogP contribution is 2.52. The lowest BCUT2D eigenvalue weighted by Gasteiger charge is -2.28. The standard InChI is InChI=1S/C66H54N2O3/c1-39-19-13-21-41(35-39)67(55-33-17-29-49-47-27-15-31-53(65(3,4)5)61(47)70-63(49)55)57-37-51-52-38-58(44-24-10-12-26-46(44)60(52)69-59(51)45-25-11-9-23-43(45)57)68(42-22-14-20-40(2)36-42)56-34-18-30-50-48-28-16-32-54(66(6,7)8)62(48)71-64(50)56/h9-38H,1-8H3. The largest absolute Gasteiger partial charge is 0.455 e. The molecule has 0 spiro atoms. The molecule has 3 heterocycles. The highest BCUT2D eigenvalue weighted by molar-refractivity contribution is 6.26. The van der Waals surface area contributed by atoms with Gasteiger partial charge in [0.15, 0.2) is 11.2 Å². The van der Waals surface area contributed by atoms with E-state index < -0.39 is 0 Å². The normalized spacial score (nSPS) is 12.5. The minimum absolute atomic E-state index is 0.111. The molecule has 0 radical (unpaired) electrons. The van der Waals surface area contributed by atoms with Crippen LogP contribution in [0.25, 0.3) is 87.4 Å². The van der Waals surface area contributed by atoms with Gasteiger partial charge in [0.05, 0.1) is 22.7 Å². The predicted octanol–water partition coefficient (Wildman–Crippen LogP) is 19.8. The third-order valence-electron chi connectivity index (χ3n) is 14.5. The summed E-state index contributed by atoms with van der Waals surface area (Å²) in [7, 11) is 0. The molecule has 0 aliphatic carbocycles. The second-order valence-corrected chi connectivity index (χ2v) is 21.5. The molecule has 0 unspecified atom stereocenters. The number of nitrogens with zero attached hydrogens (tertiary/aromatic N) is 2. The van der Waals surface area contributed by atoms with E-state index in [0.717, 1.165) is 121 Å². The molecule has 0 aliphatic heterocycles. The van der Waals surface area contributed by atoms with Crippen molar-refractivity contribution in [2.75, 3.05) is 9.80 Å². The molecule has 0 saturated carbocycles. The number of para-hydroxylation sites is 4. The summed E-state index contributed by atoms with van der Waals surface area (Å²) in [6.07, 6.45) is 0. The number of fused-ring (bicyclic) bond motifs is 13. The molecule has 0 N–H and O–H groups in total. The Balaban J connectivity index is 1.13. The van der Waals surface area contributed by atoms with E-state index in [2.05, 4.69) is 247 Å². The van der Waals surface area contributed by atoms with Crippen LogP contribution in [0.3, 0.4) is 0 Å². The Hall–Kier alpha value is -8.28. The summed E-state index contributed by atoms with van der Waals surface area (Å²) in [5.41, 5.74) is 15.8. The molecule has 0 saturated heterocycles. The minimum Gasteiger partial charge on any atom is -0.455 e. The van der Waals surface area contributed by atoms with E-state index in [1.54, 1.807) is 0 Å². The van der Waals surface area contributed by atoms with Crippen LogP contribution >= 0.6 is 0 Å². The molecule has 0 atom stereocenters. The first-order valence-electron chi connectivity index (χ1n) is 24.7. The molecule has 0 amide bonds. The Morgan fingerprint density at radius 2 is 0.606 bits per heavy atom. The van der Waals surface area contributed by atoms with Gasteiger partial charge in [-0.05, 0) is 84.3 Å². The molecule has 13 aromatic rings. The van der Waals surface area contributed by atoms with Crippen LogP contribution in [0.4, 0.5) is 34.1 Å². The lowest BCUT2D eigenvalue weighted by Crippen LogP contribution is -2.11. The quantitative estimate of drug-likeness (QED) is 0.166. The number of anilines is 6. The summed E-state index contributed by atoms with van der Waals surface area (Å²) in [6.45, 7) is 17.8. The average molecular weight is 923 g/mol. The average Bonchev–Trinajstić information content (AvgIpc) is 4.06. The van der Waals surface area contributed by atoms with Gasteiger partial charge in [0, 0.05) is 76.4 Å². The fraction of sp³-hybridized carbons (Fsp3) is 0.152. The van der Waals surface area contributed by atoms with E-state index in [1.807, 2.05) is 0 Å². The lowest BCUT2D eigenvalue weighted by atomic mass is 9.86. The summed E-state index contributed by atoms with van der Waals surface area (Å²) in [6, 6.07) is 65.8. The molecule has 5 heteroatoms. The van der Waals surface area contributed by atoms with Crippen LogP contribution in [0.2, 0.25) is 0 Å². The van der Waals surface area contributed by atoms with Crippen molar-refractivity contribution in [2.24, 2.45) is 0 Å². The van der Waals surface area contributed by atoms with Gasteiger partial charge in [-0.3, -0.25) is 0 Å². The number of rotatable bonds is 6. The molecule has 10 aromatic carbocycles. The fourth-order valence-corrected chi connectivity index (χ4v) is 11.2. The van der Waals surface area contributed by atoms with Crippen molar-refractivity contribution in [1.29, 1.82) is 0 Å². The summed E-state index contributed by atoms with van der Waals surface area (Å²) in [5, 5.41) is 10.6. The van der Waals surface area contributed by atoms with Crippen LogP contribution in [0.5, 0.6) is 0 Å². The fourth-order valence-electron chi connectivity index (χ4n) is 11.2. The smallest absolute Gasteiger partial charge is 0.159 e. The first-order chi connectivity index (χ1) is 34.3. The van der Waals surface area contributed by atoms with E-state index in [9.17, 15) is 0 Å². The summed E-state index contributed by atoms with van der Waals surface area (Å²) in [4.78, 5) is 4.79. The molecule has 0 aliphatic rings. The second-order valence-electron chi connectivity index (χ2n) is 21.5. The summed E-state index contributed by atoms with van der Waals surface area (Å²) >= 11 is 0. The molecular formula is C66H54N2O3. The van der Waals surface area contributed by atoms with E-state index in [-0.39, 0.29) is 10.8 Å². The van der Waals surface area contributed by atoms with Gasteiger partial charge in [-0.15, -0.1) is 0 Å². The molecule has 3 aromatic heterocycles. The number of hydrogen-bond donors (Lipinski definition) is 0. The van der Waals surface area contributed by atoms with Crippen LogP contribution in [0.1, 0.15) is 63.8 Å². The van der Waals surface area contributed by atoms with Gasteiger partial charge in [0.2, 0.25) is 0 Å². The zero-order chi connectivity index (χ0) is 48.5. The Labute approximate surface area is 413 Å². The SMILES string of the molecule is Cc1cccc(N(c2cc3c4cc(N(c5cccc(C)c5)c5cccc6c5oc5c(C(C)(C)C)cccc56)c5ccccc5c4oc3c3ccccc23)c2cccc3c2oc2c(C(C)(C)C)cccc23)c1. The number of furan rings is 3. The molecule has 13 rings (SSSR count). The van der Waals surface area contributed by atoms with Crippen molar-refractivity contribution < 1.29 is 13.3 Å². The summed E-state index contributed by atoms with van der Waals surface area (Å²) in [5.74, 6) is 0. The topological polar surface area (TPSA) is 45.9 Å². The number of benzene rings is 10. The van der Waals surface area contributed by atoms with E-state index in [1.165, 1.54) is 22.3 Å². The van der Waals surface area contributed by atoms with Gasteiger partial charge < -0.3 is 23.1 Å². The van der Waals surface area contributed by atoms with Gasteiger partial charge in [0.25, 0.3) is 0 Å². The Bertz CT molecular complexity index is 4030. The third kappa shape index (κ3) is 6.67.